The summed E-state index contributed by atoms with van der Waals surface area (Å²) in [6.45, 7) is 4.03. The van der Waals surface area contributed by atoms with Crippen molar-refractivity contribution >= 4 is 15.7 Å². The van der Waals surface area contributed by atoms with E-state index in [4.69, 9.17) is 4.74 Å². The molecule has 2 aromatic carbocycles. The quantitative estimate of drug-likeness (QED) is 0.409. The molecular weight excluding hydrogens is 344 g/mol. The van der Waals surface area contributed by atoms with E-state index in [9.17, 15) is 18.5 Å². The Morgan fingerprint density at radius 1 is 1.24 bits per heavy atom. The van der Waals surface area contributed by atoms with Gasteiger partial charge in [-0.25, -0.2) is 8.42 Å². The maximum atomic E-state index is 12.6. The number of ether oxygens (including phenoxy) is 1. The molecule has 0 atom stereocenters. The summed E-state index contributed by atoms with van der Waals surface area (Å²) in [6.07, 6.45) is 1.62. The molecule has 0 unspecified atom stereocenters. The van der Waals surface area contributed by atoms with Crippen LogP contribution in [0.25, 0.3) is 0 Å². The first-order chi connectivity index (χ1) is 11.8. The summed E-state index contributed by atoms with van der Waals surface area (Å²) >= 11 is 0. The van der Waals surface area contributed by atoms with Gasteiger partial charge in [-0.3, -0.25) is 10.1 Å². The van der Waals surface area contributed by atoms with Crippen LogP contribution >= 0.6 is 0 Å². The molecule has 7 nitrogen and oxygen atoms in total. The second-order valence-electron chi connectivity index (χ2n) is 5.26. The Morgan fingerprint density at radius 2 is 1.96 bits per heavy atom. The van der Waals surface area contributed by atoms with Gasteiger partial charge >= 0.3 is 0 Å². The van der Waals surface area contributed by atoms with Crippen molar-refractivity contribution in [3.8, 4) is 5.75 Å². The molecule has 0 radical (unpaired) electrons. The topological polar surface area (TPSA) is 89.8 Å². The van der Waals surface area contributed by atoms with Gasteiger partial charge in [0.25, 0.3) is 5.69 Å². The van der Waals surface area contributed by atoms with Gasteiger partial charge in [-0.1, -0.05) is 30.9 Å². The summed E-state index contributed by atoms with van der Waals surface area (Å²) in [7, 11) is -2.43. The molecule has 0 saturated carbocycles. The highest BCUT2D eigenvalue weighted by atomic mass is 32.2. The van der Waals surface area contributed by atoms with E-state index in [1.165, 1.54) is 25.2 Å². The van der Waals surface area contributed by atoms with Crippen molar-refractivity contribution in [1.29, 1.82) is 0 Å². The van der Waals surface area contributed by atoms with E-state index in [2.05, 4.69) is 6.58 Å². The van der Waals surface area contributed by atoms with Gasteiger partial charge in [-0.2, -0.15) is 4.31 Å². The second-order valence-corrected chi connectivity index (χ2v) is 7.31. The van der Waals surface area contributed by atoms with Crippen molar-refractivity contribution in [3.63, 3.8) is 0 Å². The minimum Gasteiger partial charge on any atom is -0.490 e. The van der Waals surface area contributed by atoms with Crippen LogP contribution in [0.3, 0.4) is 0 Å². The van der Waals surface area contributed by atoms with Crippen LogP contribution in [0, 0.1) is 10.1 Å². The van der Waals surface area contributed by atoms with Crippen molar-refractivity contribution in [2.24, 2.45) is 0 Å². The van der Waals surface area contributed by atoms with Crippen LogP contribution in [0.15, 0.2) is 66.1 Å². The van der Waals surface area contributed by atoms with Crippen LogP contribution in [0.2, 0.25) is 0 Å². The molecule has 0 aliphatic carbocycles. The first-order valence-electron chi connectivity index (χ1n) is 7.38. The number of hydrogen-bond donors (Lipinski definition) is 0. The number of nitro benzene ring substituents is 1. The fraction of sp³-hybridized carbons (Fsp3) is 0.176. The van der Waals surface area contributed by atoms with Gasteiger partial charge in [-0.05, 0) is 23.8 Å². The maximum Gasteiger partial charge on any atom is 0.270 e. The second kappa shape index (κ2) is 7.91. The lowest BCUT2D eigenvalue weighted by molar-refractivity contribution is -0.385. The molecule has 0 aliphatic rings. The normalized spacial score (nSPS) is 11.3. The lowest BCUT2D eigenvalue weighted by Gasteiger charge is -2.17. The molecule has 0 fully saturated rings. The number of nitrogens with zero attached hydrogens (tertiary/aromatic N) is 2. The van der Waals surface area contributed by atoms with Crippen molar-refractivity contribution in [2.75, 3.05) is 13.7 Å². The first-order valence-corrected chi connectivity index (χ1v) is 8.82. The Labute approximate surface area is 146 Å². The average molecular weight is 362 g/mol. The molecule has 2 rings (SSSR count). The Balaban J connectivity index is 2.21. The maximum absolute atomic E-state index is 12.6. The molecule has 132 valence electrons. The van der Waals surface area contributed by atoms with Gasteiger partial charge in [0.05, 0.1) is 9.82 Å². The van der Waals surface area contributed by atoms with Crippen LogP contribution < -0.4 is 4.74 Å². The largest absolute Gasteiger partial charge is 0.490 e. The van der Waals surface area contributed by atoms with Gasteiger partial charge in [0.1, 0.15) is 12.4 Å². The van der Waals surface area contributed by atoms with E-state index >= 15 is 0 Å². The molecule has 2 aromatic rings. The highest BCUT2D eigenvalue weighted by Crippen LogP contribution is 2.22. The van der Waals surface area contributed by atoms with Crippen LogP contribution in [0.1, 0.15) is 5.56 Å². The smallest absolute Gasteiger partial charge is 0.270 e. The number of sulfonamides is 1. The van der Waals surface area contributed by atoms with Crippen LogP contribution in [-0.4, -0.2) is 31.3 Å². The molecule has 0 aliphatic heterocycles. The Kier molecular flexibility index (Phi) is 5.89. The zero-order valence-corrected chi connectivity index (χ0v) is 14.5. The predicted octanol–water partition coefficient (Wildman–Crippen LogP) is 2.98. The molecule has 0 aromatic heterocycles. The van der Waals surface area contributed by atoms with Gasteiger partial charge in [0.2, 0.25) is 10.0 Å². The Bertz CT molecular complexity index is 880. The van der Waals surface area contributed by atoms with Gasteiger partial charge in [-0.15, -0.1) is 0 Å². The summed E-state index contributed by atoms with van der Waals surface area (Å²) < 4.78 is 31.8. The minimum atomic E-state index is -3.85. The molecule has 0 bridgehead atoms. The Hall–Kier alpha value is -2.71. The number of non-ortho nitro benzene ring substituents is 1. The van der Waals surface area contributed by atoms with Gasteiger partial charge in [0.15, 0.2) is 0 Å². The monoisotopic (exact) mass is 362 g/mol. The molecule has 25 heavy (non-hydrogen) atoms. The highest BCUT2D eigenvalue weighted by Gasteiger charge is 2.23. The van der Waals surface area contributed by atoms with Crippen LogP contribution in [-0.2, 0) is 16.6 Å². The van der Waals surface area contributed by atoms with Crippen molar-refractivity contribution in [3.05, 3.63) is 76.9 Å². The van der Waals surface area contributed by atoms with Gasteiger partial charge in [0, 0.05) is 25.7 Å². The van der Waals surface area contributed by atoms with E-state index in [0.29, 0.717) is 12.4 Å². The summed E-state index contributed by atoms with van der Waals surface area (Å²) in [5.41, 5.74) is 0.465. The molecule has 0 amide bonds. The summed E-state index contributed by atoms with van der Waals surface area (Å²) in [5, 5.41) is 10.8. The van der Waals surface area contributed by atoms with Crippen molar-refractivity contribution in [1.82, 2.24) is 4.31 Å². The number of nitro groups is 1. The summed E-state index contributed by atoms with van der Waals surface area (Å²) in [4.78, 5) is 10.1. The molecule has 8 heteroatoms. The Morgan fingerprint density at radius 3 is 2.64 bits per heavy atom. The van der Waals surface area contributed by atoms with Crippen molar-refractivity contribution in [2.45, 2.75) is 11.4 Å². The standard InChI is InChI=1S/C17H18N2O5S/c1-3-10-24-16-8-4-6-14(11-16)13-18(2)25(22,23)17-9-5-7-15(12-17)19(20)21/h3-9,11-12H,1,10,13H2,2H3. The third kappa shape index (κ3) is 4.65. The predicted molar refractivity (Wildman–Crippen MR) is 93.9 cm³/mol. The van der Waals surface area contributed by atoms with E-state index in [-0.39, 0.29) is 17.1 Å². The minimum absolute atomic E-state index is 0.107. The van der Waals surface area contributed by atoms with Gasteiger partial charge < -0.3 is 4.74 Å². The molecule has 0 heterocycles. The average Bonchev–Trinajstić information content (AvgIpc) is 2.60. The number of benzene rings is 2. The van der Waals surface area contributed by atoms with E-state index in [0.717, 1.165) is 15.9 Å². The third-order valence-corrected chi connectivity index (χ3v) is 5.21. The highest BCUT2D eigenvalue weighted by molar-refractivity contribution is 7.89. The summed E-state index contributed by atoms with van der Waals surface area (Å²) in [6, 6.07) is 12.0. The SMILES string of the molecule is C=CCOc1cccc(CN(C)S(=O)(=O)c2cccc([N+](=O)[O-])c2)c1. The lowest BCUT2D eigenvalue weighted by atomic mass is 10.2. The zero-order chi connectivity index (χ0) is 18.4. The fourth-order valence-corrected chi connectivity index (χ4v) is 3.37. The number of hydrogen-bond acceptors (Lipinski definition) is 5. The van der Waals surface area contributed by atoms with E-state index in [1.54, 1.807) is 30.3 Å². The van der Waals surface area contributed by atoms with E-state index < -0.39 is 14.9 Å². The van der Waals surface area contributed by atoms with Crippen LogP contribution in [0.4, 0.5) is 5.69 Å². The van der Waals surface area contributed by atoms with Crippen molar-refractivity contribution < 1.29 is 18.1 Å². The third-order valence-electron chi connectivity index (χ3n) is 3.41. The molecule has 0 spiro atoms. The van der Waals surface area contributed by atoms with Crippen LogP contribution in [0.5, 0.6) is 5.75 Å². The molecular formula is C17H18N2O5S. The molecule has 0 saturated heterocycles. The summed E-state index contributed by atoms with van der Waals surface area (Å²) in [5.74, 6) is 0.610. The fourth-order valence-electron chi connectivity index (χ4n) is 2.17. The zero-order valence-electron chi connectivity index (χ0n) is 13.7. The molecule has 0 N–H and O–H groups in total. The van der Waals surface area contributed by atoms with E-state index in [1.807, 2.05) is 0 Å². The lowest BCUT2D eigenvalue weighted by Crippen LogP contribution is -2.26. The number of rotatable bonds is 8. The first kappa shape index (κ1) is 18.6.